The molecule has 0 saturated heterocycles. The van der Waals surface area contributed by atoms with E-state index in [4.69, 9.17) is 32.7 Å². The summed E-state index contributed by atoms with van der Waals surface area (Å²) in [7, 11) is 0. The van der Waals surface area contributed by atoms with E-state index in [1.165, 1.54) is 0 Å². The lowest BCUT2D eigenvalue weighted by Crippen LogP contribution is -2.39. The molecule has 1 atom stereocenters. The normalized spacial score (nSPS) is 11.5. The quantitative estimate of drug-likeness (QED) is 0.586. The number of carbonyl (C=O) groups excluding carboxylic acids is 2. The Labute approximate surface area is 155 Å². The summed E-state index contributed by atoms with van der Waals surface area (Å²) in [6.45, 7) is 1.65. The average Bonchev–Trinajstić information content (AvgIpc) is 2.61. The van der Waals surface area contributed by atoms with Crippen molar-refractivity contribution in [1.82, 2.24) is 5.32 Å². The van der Waals surface area contributed by atoms with E-state index in [0.717, 1.165) is 0 Å². The van der Waals surface area contributed by atoms with Gasteiger partial charge in [-0.3, -0.25) is 4.79 Å². The van der Waals surface area contributed by atoms with Crippen LogP contribution >= 0.6 is 23.2 Å². The summed E-state index contributed by atoms with van der Waals surface area (Å²) in [6.07, 6.45) is 0. The zero-order valence-corrected chi connectivity index (χ0v) is 15.0. The zero-order chi connectivity index (χ0) is 18.2. The van der Waals surface area contributed by atoms with Crippen LogP contribution in [-0.4, -0.2) is 31.1 Å². The fourth-order valence-electron chi connectivity index (χ4n) is 1.96. The molecule has 0 aliphatic carbocycles. The van der Waals surface area contributed by atoms with Crippen LogP contribution < -0.4 is 10.1 Å². The number of hydrogen-bond donors (Lipinski definition) is 1. The molecule has 2 aromatic rings. The van der Waals surface area contributed by atoms with Gasteiger partial charge in [-0.05, 0) is 31.2 Å². The first-order chi connectivity index (χ1) is 12.0. The van der Waals surface area contributed by atoms with Crippen LogP contribution in [0.4, 0.5) is 0 Å². The van der Waals surface area contributed by atoms with E-state index in [9.17, 15) is 9.59 Å². The number of benzene rings is 2. The Bertz CT molecular complexity index is 717. The van der Waals surface area contributed by atoms with Crippen LogP contribution in [0.1, 0.15) is 17.3 Å². The van der Waals surface area contributed by atoms with Crippen molar-refractivity contribution >= 4 is 35.1 Å². The molecule has 0 fully saturated rings. The summed E-state index contributed by atoms with van der Waals surface area (Å²) in [4.78, 5) is 23.9. The first-order valence-corrected chi connectivity index (χ1v) is 8.34. The number of carbonyl (C=O) groups is 2. The smallest absolute Gasteiger partial charge is 0.328 e. The second kappa shape index (κ2) is 9.30. The number of ether oxygens (including phenoxy) is 2. The predicted octanol–water partition coefficient (Wildman–Crippen LogP) is 3.73. The second-order valence-corrected chi connectivity index (χ2v) is 5.94. The van der Waals surface area contributed by atoms with E-state index in [0.29, 0.717) is 21.4 Å². The SMILES string of the molecule is C[C@H](NC(=O)c1ccccc1)C(=O)OCCOc1c(Cl)cccc1Cl. The number of nitrogens with one attached hydrogen (secondary N) is 1. The summed E-state index contributed by atoms with van der Waals surface area (Å²) >= 11 is 11.9. The Morgan fingerprint density at radius 2 is 1.64 bits per heavy atom. The van der Waals surface area contributed by atoms with Crippen LogP contribution in [0.25, 0.3) is 0 Å². The topological polar surface area (TPSA) is 64.6 Å². The molecule has 0 aliphatic heterocycles. The summed E-state index contributed by atoms with van der Waals surface area (Å²) in [5.74, 6) is -0.561. The van der Waals surface area contributed by atoms with Crippen LogP contribution in [0.3, 0.4) is 0 Å². The first kappa shape index (κ1) is 19.1. The molecule has 132 valence electrons. The lowest BCUT2D eigenvalue weighted by Gasteiger charge is -2.14. The summed E-state index contributed by atoms with van der Waals surface area (Å²) in [5.41, 5.74) is 0.471. The largest absolute Gasteiger partial charge is 0.487 e. The maximum absolute atomic E-state index is 12.0. The number of hydrogen-bond acceptors (Lipinski definition) is 4. The van der Waals surface area contributed by atoms with Gasteiger partial charge in [0, 0.05) is 5.56 Å². The van der Waals surface area contributed by atoms with Crippen molar-refractivity contribution in [2.75, 3.05) is 13.2 Å². The Hall–Kier alpha value is -2.24. The van der Waals surface area contributed by atoms with Crippen molar-refractivity contribution in [3.63, 3.8) is 0 Å². The van der Waals surface area contributed by atoms with Crippen LogP contribution in [0.5, 0.6) is 5.75 Å². The molecule has 0 saturated carbocycles. The van der Waals surface area contributed by atoms with Crippen LogP contribution in [-0.2, 0) is 9.53 Å². The van der Waals surface area contributed by atoms with Gasteiger partial charge in [0.25, 0.3) is 5.91 Å². The van der Waals surface area contributed by atoms with Crippen LogP contribution in [0.15, 0.2) is 48.5 Å². The van der Waals surface area contributed by atoms with Crippen molar-refractivity contribution in [2.45, 2.75) is 13.0 Å². The molecular weight excluding hydrogens is 365 g/mol. The fourth-order valence-corrected chi connectivity index (χ4v) is 2.47. The van der Waals surface area contributed by atoms with Gasteiger partial charge in [-0.15, -0.1) is 0 Å². The van der Waals surface area contributed by atoms with E-state index >= 15 is 0 Å². The van der Waals surface area contributed by atoms with Gasteiger partial charge in [-0.2, -0.15) is 0 Å². The van der Waals surface area contributed by atoms with E-state index in [2.05, 4.69) is 5.32 Å². The van der Waals surface area contributed by atoms with E-state index in [1.54, 1.807) is 55.5 Å². The minimum absolute atomic E-state index is 0.00589. The number of para-hydroxylation sites is 1. The molecule has 2 aromatic carbocycles. The Balaban J connectivity index is 1.75. The molecule has 0 aliphatic rings. The third-order valence-corrected chi connectivity index (χ3v) is 3.83. The lowest BCUT2D eigenvalue weighted by atomic mass is 10.2. The molecule has 25 heavy (non-hydrogen) atoms. The zero-order valence-electron chi connectivity index (χ0n) is 13.5. The molecular formula is C18H17Cl2NO4. The van der Waals surface area contributed by atoms with Crippen molar-refractivity contribution in [1.29, 1.82) is 0 Å². The number of esters is 1. The number of rotatable bonds is 7. The molecule has 0 heterocycles. The average molecular weight is 382 g/mol. The van der Waals surface area contributed by atoms with Crippen molar-refractivity contribution in [2.24, 2.45) is 0 Å². The van der Waals surface area contributed by atoms with Gasteiger partial charge in [0.2, 0.25) is 0 Å². The summed E-state index contributed by atoms with van der Waals surface area (Å²) in [6, 6.07) is 12.8. The van der Waals surface area contributed by atoms with Gasteiger partial charge in [0.1, 0.15) is 19.3 Å². The lowest BCUT2D eigenvalue weighted by molar-refractivity contribution is -0.146. The highest BCUT2D eigenvalue weighted by Crippen LogP contribution is 2.32. The molecule has 0 aromatic heterocycles. The van der Waals surface area contributed by atoms with E-state index < -0.39 is 12.0 Å². The second-order valence-electron chi connectivity index (χ2n) is 5.13. The number of amides is 1. The van der Waals surface area contributed by atoms with Gasteiger partial charge in [0.05, 0.1) is 10.0 Å². The standard InChI is InChI=1S/C18H17Cl2NO4/c1-12(21-17(22)13-6-3-2-4-7-13)18(23)25-11-10-24-16-14(19)8-5-9-15(16)20/h2-9,12H,10-11H2,1H3,(H,21,22)/t12-/m0/s1. The molecule has 0 unspecified atom stereocenters. The molecule has 7 heteroatoms. The molecule has 1 amide bonds. The molecule has 5 nitrogen and oxygen atoms in total. The predicted molar refractivity (Wildman–Crippen MR) is 96.3 cm³/mol. The highest BCUT2D eigenvalue weighted by Gasteiger charge is 2.18. The van der Waals surface area contributed by atoms with Crippen LogP contribution in [0, 0.1) is 0 Å². The van der Waals surface area contributed by atoms with Gasteiger partial charge < -0.3 is 14.8 Å². The van der Waals surface area contributed by atoms with E-state index in [-0.39, 0.29) is 19.1 Å². The minimum atomic E-state index is -0.781. The Morgan fingerprint density at radius 3 is 2.28 bits per heavy atom. The third kappa shape index (κ3) is 5.66. The summed E-state index contributed by atoms with van der Waals surface area (Å²) < 4.78 is 10.5. The maximum atomic E-state index is 12.0. The molecule has 0 radical (unpaired) electrons. The maximum Gasteiger partial charge on any atom is 0.328 e. The molecule has 1 N–H and O–H groups in total. The molecule has 0 bridgehead atoms. The van der Waals surface area contributed by atoms with Gasteiger partial charge in [-0.25, -0.2) is 4.79 Å². The Kier molecular flexibility index (Phi) is 7.10. The minimum Gasteiger partial charge on any atom is -0.487 e. The van der Waals surface area contributed by atoms with Crippen molar-refractivity contribution < 1.29 is 19.1 Å². The monoisotopic (exact) mass is 381 g/mol. The highest BCUT2D eigenvalue weighted by molar-refractivity contribution is 6.37. The molecule has 0 spiro atoms. The number of halogens is 2. The van der Waals surface area contributed by atoms with Gasteiger partial charge >= 0.3 is 5.97 Å². The Morgan fingerprint density at radius 1 is 1.00 bits per heavy atom. The van der Waals surface area contributed by atoms with E-state index in [1.807, 2.05) is 0 Å². The summed E-state index contributed by atoms with van der Waals surface area (Å²) in [5, 5.41) is 3.33. The third-order valence-electron chi connectivity index (χ3n) is 3.23. The fraction of sp³-hybridized carbons (Fsp3) is 0.222. The first-order valence-electron chi connectivity index (χ1n) is 7.58. The molecule has 2 rings (SSSR count). The van der Waals surface area contributed by atoms with Gasteiger partial charge in [-0.1, -0.05) is 47.5 Å². The van der Waals surface area contributed by atoms with Gasteiger partial charge in [0.15, 0.2) is 5.75 Å². The van der Waals surface area contributed by atoms with Crippen molar-refractivity contribution in [3.8, 4) is 5.75 Å². The van der Waals surface area contributed by atoms with Crippen molar-refractivity contribution in [3.05, 3.63) is 64.1 Å². The van der Waals surface area contributed by atoms with Crippen LogP contribution in [0.2, 0.25) is 10.0 Å². The highest BCUT2D eigenvalue weighted by atomic mass is 35.5.